The lowest BCUT2D eigenvalue weighted by molar-refractivity contribution is 0.416. The van der Waals surface area contributed by atoms with Crippen LogP contribution in [0.25, 0.3) is 0 Å². The molecule has 0 bridgehead atoms. The number of methoxy groups -OCH3 is 1. The number of halogens is 1. The van der Waals surface area contributed by atoms with E-state index in [4.69, 9.17) is 21.3 Å². The first-order chi connectivity index (χ1) is 12.0. The molecule has 134 valence electrons. The Hall–Kier alpha value is -2.01. The third-order valence-electron chi connectivity index (χ3n) is 4.65. The average Bonchev–Trinajstić information content (AvgIpc) is 2.58. The van der Waals surface area contributed by atoms with Gasteiger partial charge in [-0.1, -0.05) is 18.5 Å². The zero-order valence-corrected chi connectivity index (χ0v) is 16.0. The summed E-state index contributed by atoms with van der Waals surface area (Å²) in [4.78, 5) is 11.6. The van der Waals surface area contributed by atoms with Crippen LogP contribution in [0.15, 0.2) is 18.2 Å². The van der Waals surface area contributed by atoms with E-state index in [0.717, 1.165) is 47.7 Å². The van der Waals surface area contributed by atoms with Crippen LogP contribution >= 0.6 is 11.6 Å². The highest BCUT2D eigenvalue weighted by molar-refractivity contribution is 6.31. The molecule has 1 aliphatic heterocycles. The van der Waals surface area contributed by atoms with Gasteiger partial charge in [0.15, 0.2) is 0 Å². The van der Waals surface area contributed by atoms with Crippen molar-refractivity contribution in [3.05, 3.63) is 34.5 Å². The molecule has 1 fully saturated rings. The Morgan fingerprint density at radius 3 is 2.56 bits per heavy atom. The molecule has 0 unspecified atom stereocenters. The number of anilines is 3. The summed E-state index contributed by atoms with van der Waals surface area (Å²) in [5.74, 6) is 3.03. The van der Waals surface area contributed by atoms with E-state index in [1.165, 1.54) is 12.8 Å². The second-order valence-electron chi connectivity index (χ2n) is 6.79. The average molecular weight is 361 g/mol. The maximum Gasteiger partial charge on any atom is 0.227 e. The predicted molar refractivity (Wildman–Crippen MR) is 103 cm³/mol. The number of benzene rings is 1. The number of piperidine rings is 1. The van der Waals surface area contributed by atoms with E-state index >= 15 is 0 Å². The molecule has 1 aliphatic rings. The predicted octanol–water partition coefficient (Wildman–Crippen LogP) is 4.74. The van der Waals surface area contributed by atoms with Gasteiger partial charge in [-0.05, 0) is 44.2 Å². The zero-order chi connectivity index (χ0) is 18.0. The number of hydrogen-bond donors (Lipinski definition) is 1. The van der Waals surface area contributed by atoms with Crippen molar-refractivity contribution in [3.8, 4) is 5.75 Å². The third kappa shape index (κ3) is 4.15. The van der Waals surface area contributed by atoms with Gasteiger partial charge < -0.3 is 15.0 Å². The Balaban J connectivity index is 1.87. The van der Waals surface area contributed by atoms with E-state index in [2.05, 4.69) is 22.1 Å². The first-order valence-electron chi connectivity index (χ1n) is 8.68. The van der Waals surface area contributed by atoms with Crippen LogP contribution in [0.5, 0.6) is 5.75 Å². The van der Waals surface area contributed by atoms with Crippen molar-refractivity contribution in [1.82, 2.24) is 9.97 Å². The van der Waals surface area contributed by atoms with E-state index in [9.17, 15) is 0 Å². The summed E-state index contributed by atoms with van der Waals surface area (Å²) in [5, 5.41) is 4.04. The maximum atomic E-state index is 6.19. The number of aryl methyl sites for hydroxylation is 2. The standard InChI is InChI=1S/C19H25ClN4O/c1-12-5-7-24(8-6-12)19-21-14(3)10-18(23-19)22-16-9-13(2)15(20)11-17(16)25-4/h9-12H,5-8H2,1-4H3,(H,21,22,23). The first kappa shape index (κ1) is 17.8. The van der Waals surface area contributed by atoms with Gasteiger partial charge in [-0.2, -0.15) is 4.98 Å². The van der Waals surface area contributed by atoms with Crippen molar-refractivity contribution in [2.75, 3.05) is 30.4 Å². The summed E-state index contributed by atoms with van der Waals surface area (Å²) in [5.41, 5.74) is 2.78. The summed E-state index contributed by atoms with van der Waals surface area (Å²) in [6, 6.07) is 5.74. The molecule has 5 nitrogen and oxygen atoms in total. The van der Waals surface area contributed by atoms with Crippen LogP contribution in [0.1, 0.15) is 31.0 Å². The van der Waals surface area contributed by atoms with Crippen molar-refractivity contribution in [3.63, 3.8) is 0 Å². The summed E-state index contributed by atoms with van der Waals surface area (Å²) < 4.78 is 5.44. The smallest absolute Gasteiger partial charge is 0.227 e. The van der Waals surface area contributed by atoms with E-state index in [1.54, 1.807) is 7.11 Å². The summed E-state index contributed by atoms with van der Waals surface area (Å²) in [6.45, 7) is 8.28. The van der Waals surface area contributed by atoms with E-state index < -0.39 is 0 Å². The van der Waals surface area contributed by atoms with E-state index in [-0.39, 0.29) is 0 Å². The quantitative estimate of drug-likeness (QED) is 0.853. The molecule has 1 saturated heterocycles. The Morgan fingerprint density at radius 1 is 1.16 bits per heavy atom. The zero-order valence-electron chi connectivity index (χ0n) is 15.3. The minimum Gasteiger partial charge on any atom is -0.495 e. The highest BCUT2D eigenvalue weighted by atomic mass is 35.5. The molecule has 0 aliphatic carbocycles. The Bertz CT molecular complexity index is 757. The summed E-state index contributed by atoms with van der Waals surface area (Å²) >= 11 is 6.19. The molecular weight excluding hydrogens is 336 g/mol. The van der Waals surface area contributed by atoms with Crippen molar-refractivity contribution in [2.45, 2.75) is 33.6 Å². The Kier molecular flexibility index (Phi) is 5.33. The second-order valence-corrected chi connectivity index (χ2v) is 7.20. The fourth-order valence-electron chi connectivity index (χ4n) is 3.03. The van der Waals surface area contributed by atoms with Crippen LogP contribution in [0.2, 0.25) is 5.02 Å². The van der Waals surface area contributed by atoms with Crippen LogP contribution in [-0.4, -0.2) is 30.2 Å². The van der Waals surface area contributed by atoms with Crippen LogP contribution in [0.3, 0.4) is 0 Å². The largest absolute Gasteiger partial charge is 0.495 e. The van der Waals surface area contributed by atoms with Gasteiger partial charge in [0.25, 0.3) is 0 Å². The normalized spacial score (nSPS) is 15.3. The molecule has 2 heterocycles. The molecule has 2 aromatic rings. The molecule has 25 heavy (non-hydrogen) atoms. The van der Waals surface area contributed by atoms with Gasteiger partial charge in [0.05, 0.1) is 12.8 Å². The van der Waals surface area contributed by atoms with Crippen LogP contribution in [0, 0.1) is 19.8 Å². The molecule has 6 heteroatoms. The van der Waals surface area contributed by atoms with Crippen LogP contribution < -0.4 is 15.0 Å². The van der Waals surface area contributed by atoms with Gasteiger partial charge in [0.2, 0.25) is 5.95 Å². The highest BCUT2D eigenvalue weighted by Crippen LogP contribution is 2.33. The number of nitrogens with zero attached hydrogens (tertiary/aromatic N) is 3. The Morgan fingerprint density at radius 2 is 1.88 bits per heavy atom. The van der Waals surface area contributed by atoms with Crippen molar-refractivity contribution in [1.29, 1.82) is 0 Å². The molecule has 1 N–H and O–H groups in total. The molecular formula is C19H25ClN4O. The van der Waals surface area contributed by atoms with Crippen molar-refractivity contribution in [2.24, 2.45) is 5.92 Å². The van der Waals surface area contributed by atoms with Gasteiger partial charge in [0.1, 0.15) is 11.6 Å². The Labute approximate surface area is 154 Å². The SMILES string of the molecule is COc1cc(Cl)c(C)cc1Nc1cc(C)nc(N2CCC(C)CC2)n1. The lowest BCUT2D eigenvalue weighted by atomic mass is 10.00. The monoisotopic (exact) mass is 360 g/mol. The van der Waals surface area contributed by atoms with Crippen LogP contribution in [-0.2, 0) is 0 Å². The minimum atomic E-state index is 0.685. The molecule has 1 aromatic carbocycles. The minimum absolute atomic E-state index is 0.685. The molecule has 0 amide bonds. The van der Waals surface area contributed by atoms with Gasteiger partial charge >= 0.3 is 0 Å². The summed E-state index contributed by atoms with van der Waals surface area (Å²) in [6.07, 6.45) is 2.37. The molecule has 0 spiro atoms. The molecule has 1 aromatic heterocycles. The number of aromatic nitrogens is 2. The number of hydrogen-bond acceptors (Lipinski definition) is 5. The topological polar surface area (TPSA) is 50.3 Å². The third-order valence-corrected chi connectivity index (χ3v) is 5.06. The fraction of sp³-hybridized carbons (Fsp3) is 0.474. The molecule has 3 rings (SSSR count). The van der Waals surface area contributed by atoms with Gasteiger partial charge in [-0.25, -0.2) is 4.98 Å². The van der Waals surface area contributed by atoms with Crippen LogP contribution in [0.4, 0.5) is 17.5 Å². The number of rotatable bonds is 4. The number of ether oxygens (including phenoxy) is 1. The van der Waals surface area contributed by atoms with E-state index in [1.807, 2.05) is 32.0 Å². The fourth-order valence-corrected chi connectivity index (χ4v) is 3.19. The summed E-state index contributed by atoms with van der Waals surface area (Å²) in [7, 11) is 1.64. The lowest BCUT2D eigenvalue weighted by Gasteiger charge is -2.30. The van der Waals surface area contributed by atoms with Crippen molar-refractivity contribution >= 4 is 29.1 Å². The highest BCUT2D eigenvalue weighted by Gasteiger charge is 2.19. The molecule has 0 radical (unpaired) electrons. The molecule has 0 atom stereocenters. The van der Waals surface area contributed by atoms with Gasteiger partial charge in [-0.3, -0.25) is 0 Å². The second kappa shape index (κ2) is 7.48. The first-order valence-corrected chi connectivity index (χ1v) is 9.06. The van der Waals surface area contributed by atoms with Crippen molar-refractivity contribution < 1.29 is 4.74 Å². The number of nitrogens with one attached hydrogen (secondary N) is 1. The maximum absolute atomic E-state index is 6.19. The molecule has 0 saturated carbocycles. The van der Waals surface area contributed by atoms with Gasteiger partial charge in [-0.15, -0.1) is 0 Å². The van der Waals surface area contributed by atoms with E-state index in [0.29, 0.717) is 10.8 Å². The van der Waals surface area contributed by atoms with Gasteiger partial charge in [0, 0.05) is 35.9 Å². The lowest BCUT2D eigenvalue weighted by Crippen LogP contribution is -2.34.